The van der Waals surface area contributed by atoms with Crippen molar-refractivity contribution in [2.75, 3.05) is 0 Å². The molecular formula is C56H33N5. The van der Waals surface area contributed by atoms with Gasteiger partial charge in [-0.15, -0.1) is 0 Å². The number of hydrogen-bond acceptors (Lipinski definition) is 1. The van der Waals surface area contributed by atoms with Crippen molar-refractivity contribution in [2.45, 2.75) is 0 Å². The van der Waals surface area contributed by atoms with Gasteiger partial charge in [0.25, 0.3) is 0 Å². The third kappa shape index (κ3) is 5.05. The van der Waals surface area contributed by atoms with Crippen molar-refractivity contribution in [1.82, 2.24) is 13.7 Å². The lowest BCUT2D eigenvalue weighted by Gasteiger charge is -2.24. The number of hydrogen-bond donors (Lipinski definition) is 0. The van der Waals surface area contributed by atoms with E-state index in [0.717, 1.165) is 93.4 Å². The monoisotopic (exact) mass is 775 g/mol. The Hall–Kier alpha value is -8.64. The van der Waals surface area contributed by atoms with Gasteiger partial charge in [0.2, 0.25) is 5.69 Å². The van der Waals surface area contributed by atoms with Crippen molar-refractivity contribution < 1.29 is 0 Å². The fraction of sp³-hybridized carbons (Fsp3) is 0. The molecule has 3 heterocycles. The van der Waals surface area contributed by atoms with Crippen LogP contribution in [0.1, 0.15) is 5.56 Å². The molecule has 0 amide bonds. The molecule has 0 aliphatic heterocycles. The van der Waals surface area contributed by atoms with Crippen LogP contribution in [0.25, 0.3) is 110 Å². The molecule has 0 saturated heterocycles. The van der Waals surface area contributed by atoms with E-state index in [1.807, 2.05) is 12.1 Å². The molecular weight excluding hydrogens is 743 g/mol. The van der Waals surface area contributed by atoms with Crippen LogP contribution < -0.4 is 0 Å². The van der Waals surface area contributed by atoms with Crippen LogP contribution in [-0.2, 0) is 0 Å². The third-order valence-corrected chi connectivity index (χ3v) is 12.3. The second-order valence-electron chi connectivity index (χ2n) is 15.5. The van der Waals surface area contributed by atoms with Crippen LogP contribution in [0.2, 0.25) is 0 Å². The lowest BCUT2D eigenvalue weighted by Crippen LogP contribution is -2.11. The summed E-state index contributed by atoms with van der Waals surface area (Å²) < 4.78 is 6.82. The van der Waals surface area contributed by atoms with E-state index in [1.54, 1.807) is 6.07 Å². The van der Waals surface area contributed by atoms with Gasteiger partial charge in [0.05, 0.1) is 62.3 Å². The Morgan fingerprint density at radius 1 is 0.344 bits per heavy atom. The molecule has 0 aliphatic rings. The van der Waals surface area contributed by atoms with Gasteiger partial charge in [-0.05, 0) is 76.9 Å². The number of fused-ring (bicyclic) bond motifs is 9. The summed E-state index contributed by atoms with van der Waals surface area (Å²) in [4.78, 5) is 4.29. The van der Waals surface area contributed by atoms with Crippen molar-refractivity contribution in [3.05, 3.63) is 217 Å². The van der Waals surface area contributed by atoms with Gasteiger partial charge in [-0.2, -0.15) is 5.26 Å². The first-order valence-corrected chi connectivity index (χ1v) is 20.4. The van der Waals surface area contributed by atoms with Crippen LogP contribution in [-0.4, -0.2) is 13.7 Å². The van der Waals surface area contributed by atoms with Gasteiger partial charge in [-0.25, -0.2) is 4.85 Å². The maximum atomic E-state index is 11.3. The first-order chi connectivity index (χ1) is 30.2. The fourth-order valence-corrected chi connectivity index (χ4v) is 9.67. The van der Waals surface area contributed by atoms with Gasteiger partial charge in [0.1, 0.15) is 6.07 Å². The fourth-order valence-electron chi connectivity index (χ4n) is 9.67. The second kappa shape index (κ2) is 13.5. The number of aromatic nitrogens is 3. The van der Waals surface area contributed by atoms with E-state index in [0.29, 0.717) is 22.6 Å². The second-order valence-corrected chi connectivity index (χ2v) is 15.5. The van der Waals surface area contributed by atoms with Crippen LogP contribution in [0, 0.1) is 17.9 Å². The Labute approximate surface area is 351 Å². The first kappa shape index (κ1) is 34.4. The first-order valence-electron chi connectivity index (χ1n) is 20.4. The predicted octanol–water partition coefficient (Wildman–Crippen LogP) is 14.7. The maximum Gasteiger partial charge on any atom is 0.214 e. The van der Waals surface area contributed by atoms with Gasteiger partial charge >= 0.3 is 0 Å². The molecule has 0 unspecified atom stereocenters. The minimum Gasteiger partial charge on any atom is -0.317 e. The summed E-state index contributed by atoms with van der Waals surface area (Å²) in [6, 6.07) is 72.4. The summed E-state index contributed by atoms with van der Waals surface area (Å²) in [5.41, 5.74) is 13.3. The van der Waals surface area contributed by atoms with Gasteiger partial charge in [-0.3, -0.25) is 0 Å². The van der Waals surface area contributed by atoms with Gasteiger partial charge in [-0.1, -0.05) is 146 Å². The minimum absolute atomic E-state index is 0.388. The van der Waals surface area contributed by atoms with Crippen molar-refractivity contribution in [3.8, 4) is 45.4 Å². The largest absolute Gasteiger partial charge is 0.317 e. The molecule has 61 heavy (non-hydrogen) atoms. The molecule has 282 valence electrons. The quantitative estimate of drug-likeness (QED) is 0.161. The molecule has 0 N–H and O–H groups in total. The molecule has 5 nitrogen and oxygen atoms in total. The number of nitriles is 1. The average Bonchev–Trinajstić information content (AvgIpc) is 3.96. The molecule has 9 aromatic carbocycles. The van der Waals surface area contributed by atoms with Crippen molar-refractivity contribution in [1.29, 1.82) is 5.26 Å². The number of nitrogens with zero attached hydrogens (tertiary/aromatic N) is 5. The normalized spacial score (nSPS) is 11.6. The van der Waals surface area contributed by atoms with Crippen LogP contribution >= 0.6 is 0 Å². The van der Waals surface area contributed by atoms with Crippen LogP contribution in [0.15, 0.2) is 200 Å². The molecule has 0 saturated carbocycles. The van der Waals surface area contributed by atoms with E-state index in [9.17, 15) is 5.26 Å². The van der Waals surface area contributed by atoms with E-state index in [-0.39, 0.29) is 0 Å². The highest BCUT2D eigenvalue weighted by Gasteiger charge is 2.29. The highest BCUT2D eigenvalue weighted by atomic mass is 15.1. The summed E-state index contributed by atoms with van der Waals surface area (Å²) in [6.45, 7) is 8.87. The standard InChI is InChI=1S/C56H33N5/c1-58-47-34-40(35-57)54(59-50-26-14-10-22-43(50)45-32-38(28-30-52(45)59)36-16-4-2-5-17-36)56(61-48-24-12-8-20-41(48)42-21-9-13-25-49(42)61)55(47)60-51-27-15-11-23-44(51)46-33-39(29-31-53(46)60)37-18-6-3-7-19-37/h2-34H. The number of benzene rings is 9. The topological polar surface area (TPSA) is 42.9 Å². The van der Waals surface area contributed by atoms with Gasteiger partial charge in [0, 0.05) is 32.3 Å². The molecule has 0 aliphatic carbocycles. The number of para-hydroxylation sites is 4. The van der Waals surface area contributed by atoms with Crippen molar-refractivity contribution in [2.24, 2.45) is 0 Å². The molecule has 0 radical (unpaired) electrons. The van der Waals surface area contributed by atoms with E-state index >= 15 is 0 Å². The zero-order valence-electron chi connectivity index (χ0n) is 32.8. The van der Waals surface area contributed by atoms with Crippen LogP contribution in [0.3, 0.4) is 0 Å². The van der Waals surface area contributed by atoms with Crippen molar-refractivity contribution >= 4 is 71.1 Å². The molecule has 12 rings (SSSR count). The molecule has 3 aromatic heterocycles. The summed E-state index contributed by atoms with van der Waals surface area (Å²) in [7, 11) is 0. The average molecular weight is 776 g/mol. The molecule has 5 heteroatoms. The minimum atomic E-state index is 0.388. The predicted molar refractivity (Wildman–Crippen MR) is 251 cm³/mol. The summed E-state index contributed by atoms with van der Waals surface area (Å²) >= 11 is 0. The smallest absolute Gasteiger partial charge is 0.214 e. The van der Waals surface area contributed by atoms with Gasteiger partial charge in [0.15, 0.2) is 0 Å². The molecule has 0 fully saturated rings. The Bertz CT molecular complexity index is 3590. The van der Waals surface area contributed by atoms with E-state index in [1.165, 1.54) is 0 Å². The Morgan fingerprint density at radius 3 is 1.13 bits per heavy atom. The van der Waals surface area contributed by atoms with Crippen LogP contribution in [0.4, 0.5) is 5.69 Å². The highest BCUT2D eigenvalue weighted by Crippen LogP contribution is 2.48. The van der Waals surface area contributed by atoms with Gasteiger partial charge < -0.3 is 13.7 Å². The maximum absolute atomic E-state index is 11.3. The summed E-state index contributed by atoms with van der Waals surface area (Å²) in [5, 5.41) is 17.8. The molecule has 0 bridgehead atoms. The zero-order chi connectivity index (χ0) is 40.6. The van der Waals surface area contributed by atoms with Crippen LogP contribution in [0.5, 0.6) is 0 Å². The summed E-state index contributed by atoms with van der Waals surface area (Å²) in [5.74, 6) is 0. The third-order valence-electron chi connectivity index (χ3n) is 12.3. The Kier molecular flexibility index (Phi) is 7.59. The molecule has 0 spiro atoms. The lowest BCUT2D eigenvalue weighted by atomic mass is 10.0. The highest BCUT2D eigenvalue weighted by molar-refractivity contribution is 6.15. The van der Waals surface area contributed by atoms with E-state index < -0.39 is 0 Å². The summed E-state index contributed by atoms with van der Waals surface area (Å²) in [6.07, 6.45) is 0. The zero-order valence-corrected chi connectivity index (χ0v) is 32.8. The van der Waals surface area contributed by atoms with Crippen molar-refractivity contribution in [3.63, 3.8) is 0 Å². The SMILES string of the molecule is [C-]#[N+]c1cc(C#N)c(-n2c3ccccc3c3cc(-c4ccccc4)ccc32)c(-n2c3ccccc3c3ccccc32)c1-n1c2ccccc2c2cc(-c3ccccc3)ccc21. The van der Waals surface area contributed by atoms with E-state index in [4.69, 9.17) is 6.57 Å². The Morgan fingerprint density at radius 2 is 0.705 bits per heavy atom. The molecule has 0 atom stereocenters. The Balaban J connectivity index is 1.30. The van der Waals surface area contributed by atoms with E-state index in [2.05, 4.69) is 207 Å². The lowest BCUT2D eigenvalue weighted by molar-refractivity contribution is 1.05. The number of rotatable bonds is 5. The molecule has 12 aromatic rings.